The number of hydrogen-bond acceptors (Lipinski definition) is 4. The van der Waals surface area contributed by atoms with E-state index >= 15 is 0 Å². The van der Waals surface area contributed by atoms with Gasteiger partial charge in [-0.1, -0.05) is 12.1 Å². The molecule has 4 nitrogen and oxygen atoms in total. The number of carbonyl (C=O) groups excluding carboxylic acids is 1. The van der Waals surface area contributed by atoms with E-state index in [1.54, 1.807) is 31.2 Å². The zero-order valence-electron chi connectivity index (χ0n) is 12.1. The minimum absolute atomic E-state index is 0.130. The summed E-state index contributed by atoms with van der Waals surface area (Å²) < 4.78 is 0. The van der Waals surface area contributed by atoms with Gasteiger partial charge in [-0.2, -0.15) is 16.6 Å². The molecule has 0 saturated carbocycles. The Morgan fingerprint density at radius 1 is 1.50 bits per heavy atom. The molecule has 0 unspecified atom stereocenters. The van der Waals surface area contributed by atoms with Crippen molar-refractivity contribution >= 4 is 23.3 Å². The largest absolute Gasteiger partial charge is 0.384 e. The number of nitrogens with zero attached hydrogens (tertiary/aromatic N) is 1. The zero-order valence-corrected chi connectivity index (χ0v) is 12.9. The van der Waals surface area contributed by atoms with Crippen molar-refractivity contribution in [1.82, 2.24) is 5.32 Å². The van der Waals surface area contributed by atoms with E-state index in [0.717, 1.165) is 11.1 Å². The van der Waals surface area contributed by atoms with Gasteiger partial charge in [0.1, 0.15) is 5.60 Å². The molecule has 0 aliphatic carbocycles. The van der Waals surface area contributed by atoms with Crippen molar-refractivity contribution in [2.75, 3.05) is 6.54 Å². The third-order valence-corrected chi connectivity index (χ3v) is 3.88. The summed E-state index contributed by atoms with van der Waals surface area (Å²) in [5, 5.41) is 25.5. The van der Waals surface area contributed by atoms with Gasteiger partial charge in [-0.15, -0.1) is 0 Å². The standard InChI is InChI=1S/C17H16N2O2S/c1-17(21,15-7-8-22-11-15)12-19-16(20)6-5-13-3-2-4-14(9-13)10-18/h2-9,11,21H,12H2,1H3,(H,19,20)/b6-5-/t17-/m1/s1. The highest BCUT2D eigenvalue weighted by atomic mass is 32.1. The van der Waals surface area contributed by atoms with Crippen LogP contribution in [0.1, 0.15) is 23.6 Å². The van der Waals surface area contributed by atoms with Crippen LogP contribution < -0.4 is 5.32 Å². The number of thiophene rings is 1. The predicted molar refractivity (Wildman–Crippen MR) is 87.1 cm³/mol. The SMILES string of the molecule is C[C@@](O)(CNC(=O)/C=C\c1cccc(C#N)c1)c1ccsc1. The Labute approximate surface area is 133 Å². The average Bonchev–Trinajstić information content (AvgIpc) is 3.06. The van der Waals surface area contributed by atoms with Crippen LogP contribution in [0.5, 0.6) is 0 Å². The Hall–Kier alpha value is -2.42. The third kappa shape index (κ3) is 4.29. The average molecular weight is 312 g/mol. The molecule has 2 rings (SSSR count). The molecular formula is C17H16N2O2S. The number of amides is 1. The van der Waals surface area contributed by atoms with Gasteiger partial charge in [0.05, 0.1) is 18.2 Å². The van der Waals surface area contributed by atoms with E-state index in [9.17, 15) is 9.90 Å². The molecule has 1 amide bonds. The van der Waals surface area contributed by atoms with Gasteiger partial charge < -0.3 is 10.4 Å². The Bertz CT molecular complexity index is 713. The monoisotopic (exact) mass is 312 g/mol. The number of rotatable bonds is 5. The fourth-order valence-corrected chi connectivity index (χ4v) is 2.66. The van der Waals surface area contributed by atoms with E-state index in [2.05, 4.69) is 5.32 Å². The molecule has 0 saturated heterocycles. The van der Waals surface area contributed by atoms with Crippen molar-refractivity contribution < 1.29 is 9.90 Å². The number of nitriles is 1. The first-order valence-electron chi connectivity index (χ1n) is 6.72. The minimum Gasteiger partial charge on any atom is -0.384 e. The summed E-state index contributed by atoms with van der Waals surface area (Å²) >= 11 is 1.50. The number of nitrogens with one attached hydrogen (secondary N) is 1. The smallest absolute Gasteiger partial charge is 0.244 e. The summed E-state index contributed by atoms with van der Waals surface area (Å²) in [5.74, 6) is -0.294. The third-order valence-electron chi connectivity index (χ3n) is 3.19. The summed E-state index contributed by atoms with van der Waals surface area (Å²) in [4.78, 5) is 11.8. The van der Waals surface area contributed by atoms with Crippen molar-refractivity contribution in [3.63, 3.8) is 0 Å². The molecule has 1 aromatic carbocycles. The van der Waals surface area contributed by atoms with Crippen molar-refractivity contribution in [1.29, 1.82) is 5.26 Å². The van der Waals surface area contributed by atoms with E-state index in [-0.39, 0.29) is 12.5 Å². The molecule has 1 aromatic heterocycles. The summed E-state index contributed by atoms with van der Waals surface area (Å²) in [6.07, 6.45) is 3.02. The summed E-state index contributed by atoms with van der Waals surface area (Å²) in [6.45, 7) is 1.79. The van der Waals surface area contributed by atoms with E-state index in [0.29, 0.717) is 5.56 Å². The number of aliphatic hydroxyl groups is 1. The molecule has 112 valence electrons. The molecule has 5 heteroatoms. The summed E-state index contributed by atoms with van der Waals surface area (Å²) in [6, 6.07) is 10.9. The molecule has 0 fully saturated rings. The van der Waals surface area contributed by atoms with Gasteiger partial charge in [-0.25, -0.2) is 0 Å². The Morgan fingerprint density at radius 2 is 2.32 bits per heavy atom. The summed E-state index contributed by atoms with van der Waals surface area (Å²) in [5.41, 5.74) is 1.01. The first-order chi connectivity index (χ1) is 10.5. The molecule has 1 heterocycles. The van der Waals surface area contributed by atoms with E-state index in [1.807, 2.05) is 29.0 Å². The number of benzene rings is 1. The summed E-state index contributed by atoms with van der Waals surface area (Å²) in [7, 11) is 0. The second-order valence-electron chi connectivity index (χ2n) is 5.07. The number of hydrogen-bond donors (Lipinski definition) is 2. The Morgan fingerprint density at radius 3 is 3.00 bits per heavy atom. The lowest BCUT2D eigenvalue weighted by molar-refractivity contribution is -0.117. The first kappa shape index (κ1) is 16.0. The first-order valence-corrected chi connectivity index (χ1v) is 7.67. The number of carbonyl (C=O) groups is 1. The molecule has 0 radical (unpaired) electrons. The van der Waals surface area contributed by atoms with Crippen LogP contribution in [0.3, 0.4) is 0 Å². The molecule has 0 spiro atoms. The molecule has 0 aliphatic heterocycles. The fraction of sp³-hybridized carbons (Fsp3) is 0.176. The van der Waals surface area contributed by atoms with Gasteiger partial charge in [-0.05, 0) is 53.1 Å². The van der Waals surface area contributed by atoms with Gasteiger partial charge in [0.2, 0.25) is 5.91 Å². The van der Waals surface area contributed by atoms with Gasteiger partial charge in [-0.3, -0.25) is 4.79 Å². The van der Waals surface area contributed by atoms with Crippen LogP contribution in [-0.2, 0) is 10.4 Å². The van der Waals surface area contributed by atoms with Crippen molar-refractivity contribution in [3.05, 3.63) is 63.9 Å². The van der Waals surface area contributed by atoms with Crippen LogP contribution >= 0.6 is 11.3 Å². The molecule has 1 atom stereocenters. The van der Waals surface area contributed by atoms with Gasteiger partial charge in [0.15, 0.2) is 0 Å². The normalized spacial score (nSPS) is 13.5. The molecule has 0 bridgehead atoms. The van der Waals surface area contributed by atoms with Crippen LogP contribution in [0.2, 0.25) is 0 Å². The Balaban J connectivity index is 1.93. The predicted octanol–water partition coefficient (Wildman–Crippen LogP) is 2.66. The second-order valence-corrected chi connectivity index (χ2v) is 5.85. The topological polar surface area (TPSA) is 73.1 Å². The highest BCUT2D eigenvalue weighted by Gasteiger charge is 2.23. The van der Waals surface area contributed by atoms with Crippen LogP contribution in [0.25, 0.3) is 6.08 Å². The highest BCUT2D eigenvalue weighted by molar-refractivity contribution is 7.08. The lowest BCUT2D eigenvalue weighted by atomic mass is 9.99. The highest BCUT2D eigenvalue weighted by Crippen LogP contribution is 2.21. The molecule has 22 heavy (non-hydrogen) atoms. The van der Waals surface area contributed by atoms with E-state index < -0.39 is 5.60 Å². The minimum atomic E-state index is -1.09. The maximum Gasteiger partial charge on any atom is 0.244 e. The lowest BCUT2D eigenvalue weighted by Crippen LogP contribution is -2.37. The van der Waals surface area contributed by atoms with Crippen LogP contribution in [0.4, 0.5) is 0 Å². The lowest BCUT2D eigenvalue weighted by Gasteiger charge is -2.22. The van der Waals surface area contributed by atoms with Crippen molar-refractivity contribution in [2.45, 2.75) is 12.5 Å². The van der Waals surface area contributed by atoms with Crippen LogP contribution in [0.15, 0.2) is 47.2 Å². The van der Waals surface area contributed by atoms with Crippen LogP contribution in [0, 0.1) is 11.3 Å². The van der Waals surface area contributed by atoms with Crippen molar-refractivity contribution in [3.8, 4) is 6.07 Å². The van der Waals surface area contributed by atoms with E-state index in [1.165, 1.54) is 17.4 Å². The molecular weight excluding hydrogens is 296 g/mol. The maximum absolute atomic E-state index is 11.8. The fourth-order valence-electron chi connectivity index (χ4n) is 1.87. The van der Waals surface area contributed by atoms with Crippen LogP contribution in [-0.4, -0.2) is 17.6 Å². The maximum atomic E-state index is 11.8. The Kier molecular flexibility index (Phi) is 5.10. The van der Waals surface area contributed by atoms with Gasteiger partial charge in [0, 0.05) is 6.08 Å². The van der Waals surface area contributed by atoms with Crippen molar-refractivity contribution in [2.24, 2.45) is 0 Å². The molecule has 2 aromatic rings. The second kappa shape index (κ2) is 7.03. The van der Waals surface area contributed by atoms with E-state index in [4.69, 9.17) is 5.26 Å². The molecule has 0 aliphatic rings. The van der Waals surface area contributed by atoms with Gasteiger partial charge >= 0.3 is 0 Å². The van der Waals surface area contributed by atoms with Gasteiger partial charge in [0.25, 0.3) is 0 Å². The molecule has 2 N–H and O–H groups in total. The zero-order chi connectivity index (χ0) is 16.0. The quantitative estimate of drug-likeness (QED) is 0.834.